The second-order valence-corrected chi connectivity index (χ2v) is 9.21. The van der Waals surface area contributed by atoms with Crippen LogP contribution in [0.5, 0.6) is 11.5 Å². The summed E-state index contributed by atoms with van der Waals surface area (Å²) in [4.78, 5) is 26.6. The van der Waals surface area contributed by atoms with E-state index in [4.69, 9.17) is 9.47 Å². The predicted octanol–water partition coefficient (Wildman–Crippen LogP) is 1.17. The molecule has 0 spiro atoms. The number of carbonyl (C=O) groups is 2. The van der Waals surface area contributed by atoms with Crippen molar-refractivity contribution in [3.8, 4) is 11.5 Å². The Morgan fingerprint density at radius 3 is 2.61 bits per heavy atom. The summed E-state index contributed by atoms with van der Waals surface area (Å²) in [5, 5.41) is 2.70. The zero-order valence-electron chi connectivity index (χ0n) is 17.0. The third kappa shape index (κ3) is 4.64. The molecular weight excluding hydrogens is 422 g/mol. The van der Waals surface area contributed by atoms with Crippen molar-refractivity contribution in [3.05, 3.63) is 48.0 Å². The van der Waals surface area contributed by atoms with Crippen LogP contribution < -0.4 is 24.4 Å². The fourth-order valence-corrected chi connectivity index (χ4v) is 4.53. The third-order valence-electron chi connectivity index (χ3n) is 5.21. The molecule has 1 atom stereocenters. The van der Waals surface area contributed by atoms with Crippen LogP contribution in [0.1, 0.15) is 12.0 Å². The summed E-state index contributed by atoms with van der Waals surface area (Å²) in [6.45, 7) is 2.44. The zero-order valence-corrected chi connectivity index (χ0v) is 17.8. The highest BCUT2D eigenvalue weighted by Gasteiger charge is 2.35. The largest absolute Gasteiger partial charge is 0.454 e. The number of fused-ring (bicyclic) bond motifs is 1. The lowest BCUT2D eigenvalue weighted by Gasteiger charge is -2.17. The molecule has 2 aliphatic rings. The summed E-state index contributed by atoms with van der Waals surface area (Å²) in [6.07, 6.45) is 0.0926. The molecule has 0 aliphatic carbocycles. The van der Waals surface area contributed by atoms with E-state index in [9.17, 15) is 18.0 Å². The van der Waals surface area contributed by atoms with Crippen LogP contribution in [0.4, 0.5) is 5.69 Å². The van der Waals surface area contributed by atoms with E-state index in [0.29, 0.717) is 17.2 Å². The molecule has 31 heavy (non-hydrogen) atoms. The molecule has 164 valence electrons. The fourth-order valence-electron chi connectivity index (χ4n) is 3.50. The number of rotatable bonds is 7. The number of benzene rings is 2. The number of nitrogens with one attached hydrogen (secondary N) is 2. The summed E-state index contributed by atoms with van der Waals surface area (Å²) in [5.41, 5.74) is 1.61. The molecule has 1 fully saturated rings. The minimum atomic E-state index is -3.64. The van der Waals surface area contributed by atoms with Crippen LogP contribution in [0.15, 0.2) is 47.4 Å². The molecule has 4 rings (SSSR count). The van der Waals surface area contributed by atoms with Gasteiger partial charge in [-0.25, -0.2) is 13.1 Å². The number of ether oxygens (including phenoxy) is 2. The molecule has 0 bridgehead atoms. The first-order chi connectivity index (χ1) is 14.8. The number of sulfonamides is 1. The topological polar surface area (TPSA) is 114 Å². The highest BCUT2D eigenvalue weighted by atomic mass is 32.2. The van der Waals surface area contributed by atoms with Gasteiger partial charge in [-0.2, -0.15) is 0 Å². The molecule has 2 aromatic carbocycles. The van der Waals surface area contributed by atoms with Crippen molar-refractivity contribution in [1.82, 2.24) is 10.0 Å². The molecule has 0 saturated carbocycles. The number of anilines is 1. The van der Waals surface area contributed by atoms with Gasteiger partial charge in [-0.3, -0.25) is 9.59 Å². The Hall–Kier alpha value is -3.11. The number of hydrogen-bond acceptors (Lipinski definition) is 6. The predicted molar refractivity (Wildman–Crippen MR) is 112 cm³/mol. The number of amides is 2. The minimum Gasteiger partial charge on any atom is -0.454 e. The Labute approximate surface area is 180 Å². The van der Waals surface area contributed by atoms with E-state index in [1.165, 1.54) is 12.1 Å². The molecule has 10 heteroatoms. The van der Waals surface area contributed by atoms with Gasteiger partial charge in [0.2, 0.25) is 28.6 Å². The monoisotopic (exact) mass is 445 g/mol. The zero-order chi connectivity index (χ0) is 22.0. The Morgan fingerprint density at radius 1 is 1.10 bits per heavy atom. The van der Waals surface area contributed by atoms with Crippen LogP contribution in [0.3, 0.4) is 0 Å². The smallest absolute Gasteiger partial charge is 0.240 e. The summed E-state index contributed by atoms with van der Waals surface area (Å²) in [7, 11) is -3.64. The van der Waals surface area contributed by atoms with Crippen molar-refractivity contribution in [2.75, 3.05) is 31.3 Å². The van der Waals surface area contributed by atoms with E-state index in [1.54, 1.807) is 35.2 Å². The van der Waals surface area contributed by atoms with Gasteiger partial charge in [-0.15, -0.1) is 0 Å². The normalized spacial score (nSPS) is 17.8. The van der Waals surface area contributed by atoms with E-state index >= 15 is 0 Å². The van der Waals surface area contributed by atoms with Crippen molar-refractivity contribution in [3.63, 3.8) is 0 Å². The second-order valence-electron chi connectivity index (χ2n) is 7.44. The van der Waals surface area contributed by atoms with Crippen molar-refractivity contribution in [2.24, 2.45) is 5.92 Å². The molecule has 2 heterocycles. The molecule has 2 N–H and O–H groups in total. The fraction of sp³-hybridized carbons (Fsp3) is 0.333. The molecule has 2 aromatic rings. The summed E-state index contributed by atoms with van der Waals surface area (Å²) < 4.78 is 37.6. The highest BCUT2D eigenvalue weighted by Crippen LogP contribution is 2.37. The quantitative estimate of drug-likeness (QED) is 0.619. The number of hydrogen-bond donors (Lipinski definition) is 2. The van der Waals surface area contributed by atoms with Crippen LogP contribution in [-0.2, 0) is 19.6 Å². The molecule has 0 radical (unpaired) electrons. The van der Waals surface area contributed by atoms with Crippen LogP contribution in [-0.4, -0.2) is 46.7 Å². The SMILES string of the molecule is Cc1ccc(S(=O)(=O)NCCNC(=O)[C@@H]2CC(=O)N(c3ccc4c(c3)OCO4)C2)cc1. The Bertz CT molecular complexity index is 1100. The number of aryl methyl sites for hydroxylation is 1. The van der Waals surface area contributed by atoms with Gasteiger partial charge >= 0.3 is 0 Å². The maximum absolute atomic E-state index is 12.5. The molecule has 9 nitrogen and oxygen atoms in total. The Morgan fingerprint density at radius 2 is 1.84 bits per heavy atom. The van der Waals surface area contributed by atoms with Crippen LogP contribution in [0.25, 0.3) is 0 Å². The number of nitrogens with zero attached hydrogens (tertiary/aromatic N) is 1. The Kier molecular flexibility index (Phi) is 5.84. The standard InChI is InChI=1S/C21H23N3O6S/c1-14-2-5-17(6-3-14)31(27,28)23-9-8-22-21(26)15-10-20(25)24(12-15)16-4-7-18-19(11-16)30-13-29-18/h2-7,11,15,23H,8-10,12-13H2,1H3,(H,22,26)/t15-/m1/s1. The lowest BCUT2D eigenvalue weighted by Crippen LogP contribution is -2.38. The number of carbonyl (C=O) groups excluding carboxylic acids is 2. The Balaban J connectivity index is 1.27. The van der Waals surface area contributed by atoms with Gasteiger partial charge in [0.05, 0.1) is 10.8 Å². The summed E-state index contributed by atoms with van der Waals surface area (Å²) in [5.74, 6) is 0.244. The first-order valence-electron chi connectivity index (χ1n) is 9.87. The van der Waals surface area contributed by atoms with Gasteiger partial charge in [-0.1, -0.05) is 17.7 Å². The maximum atomic E-state index is 12.5. The van der Waals surface area contributed by atoms with Crippen LogP contribution >= 0.6 is 0 Å². The van der Waals surface area contributed by atoms with Gasteiger partial charge in [0.1, 0.15) is 0 Å². The van der Waals surface area contributed by atoms with Crippen molar-refractivity contribution >= 4 is 27.5 Å². The van der Waals surface area contributed by atoms with Gasteiger partial charge in [0, 0.05) is 37.8 Å². The maximum Gasteiger partial charge on any atom is 0.240 e. The molecule has 0 aromatic heterocycles. The van der Waals surface area contributed by atoms with E-state index in [1.807, 2.05) is 6.92 Å². The third-order valence-corrected chi connectivity index (χ3v) is 6.69. The van der Waals surface area contributed by atoms with E-state index in [0.717, 1.165) is 5.56 Å². The van der Waals surface area contributed by atoms with Crippen LogP contribution in [0.2, 0.25) is 0 Å². The average molecular weight is 445 g/mol. The lowest BCUT2D eigenvalue weighted by atomic mass is 10.1. The van der Waals surface area contributed by atoms with E-state index in [2.05, 4.69) is 10.0 Å². The average Bonchev–Trinajstić information content (AvgIpc) is 3.37. The van der Waals surface area contributed by atoms with Crippen molar-refractivity contribution in [2.45, 2.75) is 18.2 Å². The van der Waals surface area contributed by atoms with Crippen LogP contribution in [0, 0.1) is 12.8 Å². The van der Waals surface area contributed by atoms with Gasteiger partial charge in [0.25, 0.3) is 0 Å². The lowest BCUT2D eigenvalue weighted by molar-refractivity contribution is -0.126. The molecular formula is C21H23N3O6S. The van der Waals surface area contributed by atoms with Crippen molar-refractivity contribution in [1.29, 1.82) is 0 Å². The van der Waals surface area contributed by atoms with E-state index < -0.39 is 15.9 Å². The second kappa shape index (κ2) is 8.56. The first kappa shape index (κ1) is 21.1. The minimum absolute atomic E-state index is 0.0501. The van der Waals surface area contributed by atoms with Crippen molar-refractivity contribution < 1.29 is 27.5 Å². The van der Waals surface area contributed by atoms with E-state index in [-0.39, 0.29) is 49.6 Å². The molecule has 1 saturated heterocycles. The molecule has 2 aliphatic heterocycles. The first-order valence-corrected chi connectivity index (χ1v) is 11.4. The highest BCUT2D eigenvalue weighted by molar-refractivity contribution is 7.89. The van der Waals surface area contributed by atoms with Gasteiger partial charge < -0.3 is 19.7 Å². The summed E-state index contributed by atoms with van der Waals surface area (Å²) in [6, 6.07) is 11.7. The summed E-state index contributed by atoms with van der Waals surface area (Å²) >= 11 is 0. The van der Waals surface area contributed by atoms with Gasteiger partial charge in [0.15, 0.2) is 11.5 Å². The van der Waals surface area contributed by atoms with Gasteiger partial charge in [-0.05, 0) is 31.2 Å². The molecule has 2 amide bonds. The molecule has 0 unspecified atom stereocenters.